The highest BCUT2D eigenvalue weighted by atomic mass is 16.5. The Hall–Kier alpha value is -3.87. The summed E-state index contributed by atoms with van der Waals surface area (Å²) < 4.78 is 8.49. The molecular formula is C28H29N3O4. The third-order valence-electron chi connectivity index (χ3n) is 6.93. The van der Waals surface area contributed by atoms with Crippen molar-refractivity contribution in [2.75, 3.05) is 5.32 Å². The maximum absolute atomic E-state index is 13.4. The van der Waals surface area contributed by atoms with Gasteiger partial charge < -0.3 is 10.1 Å². The molecule has 0 fully saturated rings. The van der Waals surface area contributed by atoms with Gasteiger partial charge in [0.25, 0.3) is 5.56 Å². The number of fused-ring (bicyclic) bond motifs is 1. The molecule has 0 saturated carbocycles. The van der Waals surface area contributed by atoms with Crippen molar-refractivity contribution in [3.8, 4) is 5.75 Å². The van der Waals surface area contributed by atoms with E-state index in [0.29, 0.717) is 42.2 Å². The van der Waals surface area contributed by atoms with Crippen LogP contribution in [0.5, 0.6) is 5.75 Å². The zero-order chi connectivity index (χ0) is 24.9. The van der Waals surface area contributed by atoms with Crippen LogP contribution in [0.25, 0.3) is 0 Å². The van der Waals surface area contributed by atoms with E-state index in [2.05, 4.69) is 19.2 Å². The predicted octanol–water partition coefficient (Wildman–Crippen LogP) is 3.86. The van der Waals surface area contributed by atoms with E-state index in [4.69, 9.17) is 4.74 Å². The first-order chi connectivity index (χ1) is 16.7. The lowest BCUT2D eigenvalue weighted by Gasteiger charge is -2.39. The van der Waals surface area contributed by atoms with E-state index < -0.39 is 17.2 Å². The highest BCUT2D eigenvalue weighted by Crippen LogP contribution is 2.47. The average molecular weight is 472 g/mol. The maximum Gasteiger partial charge on any atom is 0.332 e. The van der Waals surface area contributed by atoms with Crippen LogP contribution in [-0.4, -0.2) is 14.9 Å². The number of anilines is 1. The highest BCUT2D eigenvalue weighted by molar-refractivity contribution is 6.01. The minimum Gasteiger partial charge on any atom is -0.489 e. The number of carbonyl (C=O) groups is 1. The molecule has 1 aromatic heterocycles. The number of hydrogen-bond acceptors (Lipinski definition) is 5. The Balaban J connectivity index is 1.60. The number of ether oxygens (including phenoxy) is 1. The molecule has 35 heavy (non-hydrogen) atoms. The van der Waals surface area contributed by atoms with Gasteiger partial charge in [-0.3, -0.25) is 18.7 Å². The Labute approximate surface area is 203 Å². The first kappa shape index (κ1) is 22.9. The van der Waals surface area contributed by atoms with Gasteiger partial charge in [0.05, 0.1) is 5.56 Å². The molecule has 7 nitrogen and oxygen atoms in total. The maximum atomic E-state index is 13.4. The molecule has 2 heterocycles. The molecule has 1 atom stereocenters. The zero-order valence-electron chi connectivity index (χ0n) is 20.4. The fourth-order valence-electron chi connectivity index (χ4n) is 5.18. The van der Waals surface area contributed by atoms with Gasteiger partial charge in [-0.15, -0.1) is 0 Å². The van der Waals surface area contributed by atoms with Gasteiger partial charge in [0.2, 0.25) is 0 Å². The van der Waals surface area contributed by atoms with Crippen LogP contribution in [0.2, 0.25) is 0 Å². The highest BCUT2D eigenvalue weighted by Gasteiger charge is 2.42. The third-order valence-corrected chi connectivity index (χ3v) is 6.93. The van der Waals surface area contributed by atoms with E-state index in [9.17, 15) is 14.4 Å². The van der Waals surface area contributed by atoms with Crippen molar-refractivity contribution in [2.24, 2.45) is 19.5 Å². The van der Waals surface area contributed by atoms with Crippen LogP contribution in [0.1, 0.15) is 49.3 Å². The lowest BCUT2D eigenvalue weighted by atomic mass is 9.69. The van der Waals surface area contributed by atoms with Crippen molar-refractivity contribution in [1.29, 1.82) is 0 Å². The van der Waals surface area contributed by atoms with Gasteiger partial charge in [0.1, 0.15) is 18.2 Å². The van der Waals surface area contributed by atoms with Gasteiger partial charge in [0.15, 0.2) is 5.78 Å². The van der Waals surface area contributed by atoms with Crippen molar-refractivity contribution < 1.29 is 9.53 Å². The van der Waals surface area contributed by atoms with Gasteiger partial charge >= 0.3 is 5.69 Å². The minimum atomic E-state index is -0.557. The molecule has 7 heteroatoms. The second kappa shape index (κ2) is 8.41. The normalized spacial score (nSPS) is 18.5. The number of rotatable bonds is 4. The Morgan fingerprint density at radius 3 is 2.31 bits per heavy atom. The molecule has 0 saturated heterocycles. The quantitative estimate of drug-likeness (QED) is 0.625. The Bertz CT molecular complexity index is 1460. The summed E-state index contributed by atoms with van der Waals surface area (Å²) in [7, 11) is 3.12. The summed E-state index contributed by atoms with van der Waals surface area (Å²) in [6, 6.07) is 17.5. The van der Waals surface area contributed by atoms with Crippen LogP contribution < -0.4 is 21.3 Å². The summed E-state index contributed by atoms with van der Waals surface area (Å²) in [5.41, 5.74) is 2.69. The Kier molecular flexibility index (Phi) is 5.50. The minimum absolute atomic E-state index is 0.0275. The van der Waals surface area contributed by atoms with Crippen LogP contribution in [0.3, 0.4) is 0 Å². The van der Waals surface area contributed by atoms with Crippen LogP contribution in [0.15, 0.2) is 75.5 Å². The van der Waals surface area contributed by atoms with E-state index in [-0.39, 0.29) is 11.2 Å². The number of benzene rings is 2. The van der Waals surface area contributed by atoms with Crippen LogP contribution in [0.4, 0.5) is 5.82 Å². The number of hydrogen-bond donors (Lipinski definition) is 1. The molecular weight excluding hydrogens is 442 g/mol. The molecule has 0 bridgehead atoms. The largest absolute Gasteiger partial charge is 0.489 e. The lowest BCUT2D eigenvalue weighted by Crippen LogP contribution is -2.45. The van der Waals surface area contributed by atoms with Crippen molar-refractivity contribution in [2.45, 2.75) is 39.2 Å². The van der Waals surface area contributed by atoms with Gasteiger partial charge in [-0.05, 0) is 35.1 Å². The van der Waals surface area contributed by atoms with E-state index in [0.717, 1.165) is 21.4 Å². The van der Waals surface area contributed by atoms with Crippen molar-refractivity contribution >= 4 is 11.6 Å². The Morgan fingerprint density at radius 2 is 1.63 bits per heavy atom. The van der Waals surface area contributed by atoms with E-state index >= 15 is 0 Å². The molecule has 0 spiro atoms. The second-order valence-corrected chi connectivity index (χ2v) is 10.2. The van der Waals surface area contributed by atoms with Crippen molar-refractivity contribution in [3.63, 3.8) is 0 Å². The van der Waals surface area contributed by atoms with Gasteiger partial charge in [0, 0.05) is 37.7 Å². The molecule has 180 valence electrons. The van der Waals surface area contributed by atoms with Crippen molar-refractivity contribution in [1.82, 2.24) is 9.13 Å². The average Bonchev–Trinajstić information content (AvgIpc) is 2.84. The molecule has 3 aromatic rings. The molecule has 1 aliphatic carbocycles. The number of Topliss-reactive ketones (excluding diaryl/α,β-unsaturated/α-hetero) is 1. The first-order valence-corrected chi connectivity index (χ1v) is 11.8. The summed E-state index contributed by atoms with van der Waals surface area (Å²) in [6.07, 6.45) is 1.06. The first-order valence-electron chi connectivity index (χ1n) is 11.8. The lowest BCUT2D eigenvalue weighted by molar-refractivity contribution is -0.118. The monoisotopic (exact) mass is 471 g/mol. The molecule has 2 aromatic carbocycles. The van der Waals surface area contributed by atoms with Gasteiger partial charge in [-0.1, -0.05) is 56.3 Å². The second-order valence-electron chi connectivity index (χ2n) is 10.2. The van der Waals surface area contributed by atoms with Gasteiger partial charge in [-0.25, -0.2) is 4.79 Å². The van der Waals surface area contributed by atoms with E-state index in [1.165, 1.54) is 11.6 Å². The zero-order valence-corrected chi connectivity index (χ0v) is 20.4. The number of nitrogens with one attached hydrogen (secondary N) is 1. The number of allylic oxidation sites excluding steroid dienone is 2. The molecule has 5 rings (SSSR count). The van der Waals surface area contributed by atoms with E-state index in [1.807, 2.05) is 54.6 Å². The molecule has 0 amide bonds. The summed E-state index contributed by atoms with van der Waals surface area (Å²) in [5, 5.41) is 3.30. The predicted molar refractivity (Wildman–Crippen MR) is 135 cm³/mol. The SMILES string of the molecule is Cn1c2c(c(=O)n(C)c1=O)C(c1ccc(OCc3ccccc3)cc1)C1=C(CC(C)(C)CC1=O)N2. The van der Waals surface area contributed by atoms with Gasteiger partial charge in [-0.2, -0.15) is 0 Å². The summed E-state index contributed by atoms with van der Waals surface area (Å²) in [4.78, 5) is 39.4. The summed E-state index contributed by atoms with van der Waals surface area (Å²) in [5.74, 6) is 0.625. The Morgan fingerprint density at radius 1 is 0.943 bits per heavy atom. The molecule has 1 unspecified atom stereocenters. The molecule has 2 aliphatic rings. The number of aromatic nitrogens is 2. The smallest absolute Gasteiger partial charge is 0.332 e. The van der Waals surface area contributed by atoms with Crippen LogP contribution in [0, 0.1) is 5.41 Å². The van der Waals surface area contributed by atoms with Crippen molar-refractivity contribution in [3.05, 3.63) is 103 Å². The number of carbonyl (C=O) groups excluding carboxylic acids is 1. The third kappa shape index (κ3) is 4.01. The molecule has 0 radical (unpaired) electrons. The van der Waals surface area contributed by atoms with Crippen LogP contribution in [-0.2, 0) is 25.5 Å². The standard InChI is InChI=1S/C28H29N3O4/c1-28(2)14-20-23(21(32)15-28)22(24-25(29-20)30(3)27(34)31(4)26(24)33)18-10-12-19(13-11-18)35-16-17-8-6-5-7-9-17/h5-13,22,29H,14-16H2,1-4H3. The number of ketones is 1. The summed E-state index contributed by atoms with van der Waals surface area (Å²) in [6.45, 7) is 4.56. The summed E-state index contributed by atoms with van der Waals surface area (Å²) >= 11 is 0. The fraction of sp³-hybridized carbons (Fsp3) is 0.321. The fourth-order valence-corrected chi connectivity index (χ4v) is 5.18. The molecule has 1 N–H and O–H groups in total. The topological polar surface area (TPSA) is 82.3 Å². The molecule has 1 aliphatic heterocycles. The number of nitrogens with zero attached hydrogens (tertiary/aromatic N) is 2. The van der Waals surface area contributed by atoms with E-state index in [1.54, 1.807) is 7.05 Å². The van der Waals surface area contributed by atoms with Crippen LogP contribution >= 0.6 is 0 Å².